The first-order chi connectivity index (χ1) is 6.92. The molecule has 0 aliphatic carbocycles. The summed E-state index contributed by atoms with van der Waals surface area (Å²) in [5, 5.41) is 11.7. The number of hydrogen-bond acceptors (Lipinski definition) is 4. The molecular formula is C9H17ClN4O. The van der Waals surface area contributed by atoms with E-state index in [2.05, 4.69) is 20.1 Å². The van der Waals surface area contributed by atoms with Crippen LogP contribution in [0.3, 0.4) is 0 Å². The van der Waals surface area contributed by atoms with Crippen LogP contribution < -0.4 is 5.32 Å². The molecule has 0 spiro atoms. The molecule has 0 unspecified atom stereocenters. The van der Waals surface area contributed by atoms with Crippen molar-refractivity contribution in [2.45, 2.75) is 19.4 Å². The molecule has 1 aromatic heterocycles. The second-order valence-electron chi connectivity index (χ2n) is 3.43. The summed E-state index contributed by atoms with van der Waals surface area (Å²) in [6.07, 6.45) is 1.82. The normalized spacial score (nSPS) is 15.3. The van der Waals surface area contributed by atoms with E-state index in [4.69, 9.17) is 4.74 Å². The average molecular weight is 233 g/mol. The highest BCUT2D eigenvalue weighted by Crippen LogP contribution is 2.05. The summed E-state index contributed by atoms with van der Waals surface area (Å²) in [7, 11) is 1.71. The van der Waals surface area contributed by atoms with Gasteiger partial charge in [-0.2, -0.15) is 0 Å². The molecule has 86 valence electrons. The van der Waals surface area contributed by atoms with E-state index in [0.717, 1.165) is 44.1 Å². The maximum absolute atomic E-state index is 5.04. The highest BCUT2D eigenvalue weighted by molar-refractivity contribution is 5.85. The van der Waals surface area contributed by atoms with Crippen LogP contribution in [0.25, 0.3) is 0 Å². The van der Waals surface area contributed by atoms with Gasteiger partial charge in [-0.05, 0) is 0 Å². The minimum absolute atomic E-state index is 0. The Balaban J connectivity index is 0.00000112. The molecule has 0 radical (unpaired) electrons. The van der Waals surface area contributed by atoms with E-state index in [1.165, 1.54) is 0 Å². The van der Waals surface area contributed by atoms with Crippen molar-refractivity contribution in [1.29, 1.82) is 0 Å². The third-order valence-electron chi connectivity index (χ3n) is 2.47. The van der Waals surface area contributed by atoms with Gasteiger partial charge >= 0.3 is 0 Å². The second kappa shape index (κ2) is 6.05. The minimum atomic E-state index is 0. The van der Waals surface area contributed by atoms with E-state index in [-0.39, 0.29) is 12.4 Å². The molecule has 0 amide bonds. The SMILES string of the molecule is COCCc1nnc2n1CCNCC2.Cl. The van der Waals surface area contributed by atoms with Gasteiger partial charge in [0.2, 0.25) is 0 Å². The van der Waals surface area contributed by atoms with Gasteiger partial charge in [0.15, 0.2) is 0 Å². The predicted octanol–water partition coefficient (Wildman–Crippen LogP) is 0.0345. The molecule has 0 saturated heterocycles. The van der Waals surface area contributed by atoms with Crippen LogP contribution in [0.1, 0.15) is 11.6 Å². The van der Waals surface area contributed by atoms with Crippen LogP contribution in [0, 0.1) is 0 Å². The molecule has 0 aromatic carbocycles. The van der Waals surface area contributed by atoms with Crippen LogP contribution in [-0.2, 0) is 24.1 Å². The van der Waals surface area contributed by atoms with Crippen molar-refractivity contribution in [3.63, 3.8) is 0 Å². The van der Waals surface area contributed by atoms with Gasteiger partial charge in [0.05, 0.1) is 6.61 Å². The van der Waals surface area contributed by atoms with Crippen molar-refractivity contribution < 1.29 is 4.74 Å². The highest BCUT2D eigenvalue weighted by atomic mass is 35.5. The maximum Gasteiger partial charge on any atom is 0.135 e. The molecule has 0 saturated carbocycles. The Hall–Kier alpha value is -0.650. The first kappa shape index (κ1) is 12.4. The molecule has 1 aromatic rings. The van der Waals surface area contributed by atoms with Gasteiger partial charge in [-0.3, -0.25) is 0 Å². The smallest absolute Gasteiger partial charge is 0.135 e. The molecule has 0 atom stereocenters. The summed E-state index contributed by atoms with van der Waals surface area (Å²) in [6.45, 7) is 3.69. The van der Waals surface area contributed by atoms with E-state index in [1.54, 1.807) is 7.11 Å². The van der Waals surface area contributed by atoms with Gasteiger partial charge in [0, 0.05) is 39.6 Å². The topological polar surface area (TPSA) is 52.0 Å². The number of ether oxygens (including phenoxy) is 1. The lowest BCUT2D eigenvalue weighted by Crippen LogP contribution is -2.18. The van der Waals surface area contributed by atoms with Crippen molar-refractivity contribution in [2.75, 3.05) is 26.8 Å². The number of methoxy groups -OCH3 is 1. The summed E-state index contributed by atoms with van der Waals surface area (Å²) in [6, 6.07) is 0. The lowest BCUT2D eigenvalue weighted by atomic mass is 10.4. The van der Waals surface area contributed by atoms with Gasteiger partial charge < -0.3 is 14.6 Å². The number of rotatable bonds is 3. The second-order valence-corrected chi connectivity index (χ2v) is 3.43. The molecule has 1 aliphatic heterocycles. The number of nitrogens with zero attached hydrogens (tertiary/aromatic N) is 3. The van der Waals surface area contributed by atoms with Crippen LogP contribution in [0.2, 0.25) is 0 Å². The van der Waals surface area contributed by atoms with Gasteiger partial charge in [-0.15, -0.1) is 22.6 Å². The Labute approximate surface area is 95.6 Å². The Morgan fingerprint density at radius 1 is 1.40 bits per heavy atom. The molecule has 5 nitrogen and oxygen atoms in total. The fourth-order valence-corrected chi connectivity index (χ4v) is 1.71. The fourth-order valence-electron chi connectivity index (χ4n) is 1.71. The number of aromatic nitrogens is 3. The summed E-state index contributed by atoms with van der Waals surface area (Å²) in [5.74, 6) is 2.15. The zero-order valence-electron chi connectivity index (χ0n) is 8.90. The van der Waals surface area contributed by atoms with Crippen LogP contribution in [-0.4, -0.2) is 41.6 Å². The zero-order chi connectivity index (χ0) is 9.80. The number of halogens is 1. The van der Waals surface area contributed by atoms with E-state index >= 15 is 0 Å². The van der Waals surface area contributed by atoms with E-state index < -0.39 is 0 Å². The van der Waals surface area contributed by atoms with Crippen LogP contribution >= 0.6 is 12.4 Å². The Morgan fingerprint density at radius 3 is 3.07 bits per heavy atom. The molecule has 0 bridgehead atoms. The third-order valence-corrected chi connectivity index (χ3v) is 2.47. The third kappa shape index (κ3) is 2.90. The molecule has 15 heavy (non-hydrogen) atoms. The summed E-state index contributed by atoms with van der Waals surface area (Å²) in [4.78, 5) is 0. The number of hydrogen-bond donors (Lipinski definition) is 1. The minimum Gasteiger partial charge on any atom is -0.384 e. The van der Waals surface area contributed by atoms with E-state index in [0.29, 0.717) is 6.61 Å². The monoisotopic (exact) mass is 232 g/mol. The standard InChI is InChI=1S/C9H16N4O.ClH/c1-14-7-3-9-12-11-8-2-4-10-5-6-13(8)9;/h10H,2-7H2,1H3;1H. The van der Waals surface area contributed by atoms with Crippen molar-refractivity contribution in [3.05, 3.63) is 11.6 Å². The molecule has 6 heteroatoms. The molecule has 2 rings (SSSR count). The zero-order valence-corrected chi connectivity index (χ0v) is 9.72. The van der Waals surface area contributed by atoms with Gasteiger partial charge in [0.1, 0.15) is 11.6 Å². The van der Waals surface area contributed by atoms with Crippen LogP contribution in [0.5, 0.6) is 0 Å². The van der Waals surface area contributed by atoms with E-state index in [1.807, 2.05) is 0 Å². The number of fused-ring (bicyclic) bond motifs is 1. The molecule has 1 aliphatic rings. The summed E-state index contributed by atoms with van der Waals surface area (Å²) < 4.78 is 7.25. The highest BCUT2D eigenvalue weighted by Gasteiger charge is 2.13. The molecular weight excluding hydrogens is 216 g/mol. The van der Waals surface area contributed by atoms with Crippen LogP contribution in [0.4, 0.5) is 0 Å². The Bertz CT molecular complexity index is 302. The van der Waals surface area contributed by atoms with Gasteiger partial charge in [-0.25, -0.2) is 0 Å². The summed E-state index contributed by atoms with van der Waals surface area (Å²) in [5.41, 5.74) is 0. The number of nitrogens with one attached hydrogen (secondary N) is 1. The lowest BCUT2D eigenvalue weighted by Gasteiger charge is -2.05. The van der Waals surface area contributed by atoms with Crippen molar-refractivity contribution in [3.8, 4) is 0 Å². The molecule has 1 N–H and O–H groups in total. The van der Waals surface area contributed by atoms with Gasteiger partial charge in [-0.1, -0.05) is 0 Å². The van der Waals surface area contributed by atoms with Gasteiger partial charge in [0.25, 0.3) is 0 Å². The largest absolute Gasteiger partial charge is 0.384 e. The van der Waals surface area contributed by atoms with E-state index in [9.17, 15) is 0 Å². The summed E-state index contributed by atoms with van der Waals surface area (Å²) >= 11 is 0. The van der Waals surface area contributed by atoms with Crippen molar-refractivity contribution in [2.24, 2.45) is 0 Å². The first-order valence-corrected chi connectivity index (χ1v) is 5.02. The van der Waals surface area contributed by atoms with Crippen LogP contribution in [0.15, 0.2) is 0 Å². The fraction of sp³-hybridized carbons (Fsp3) is 0.778. The average Bonchev–Trinajstić information content (AvgIpc) is 2.45. The first-order valence-electron chi connectivity index (χ1n) is 5.02. The Kier molecular flexibility index (Phi) is 5.01. The maximum atomic E-state index is 5.04. The molecule has 0 fully saturated rings. The lowest BCUT2D eigenvalue weighted by molar-refractivity contribution is 0.199. The van der Waals surface area contributed by atoms with Crippen molar-refractivity contribution in [1.82, 2.24) is 20.1 Å². The quantitative estimate of drug-likeness (QED) is 0.799. The van der Waals surface area contributed by atoms with Crippen molar-refractivity contribution >= 4 is 12.4 Å². The Morgan fingerprint density at radius 2 is 2.27 bits per heavy atom. The molecule has 2 heterocycles. The predicted molar refractivity (Wildman–Crippen MR) is 59.4 cm³/mol.